The van der Waals surface area contributed by atoms with Crippen molar-refractivity contribution in [2.45, 2.75) is 83.9 Å². The van der Waals surface area contributed by atoms with Crippen LogP contribution in [0.1, 0.15) is 75.4 Å². The molecule has 1 aromatic heterocycles. The Morgan fingerprint density at radius 1 is 1.24 bits per heavy atom. The highest BCUT2D eigenvalue weighted by Crippen LogP contribution is 2.42. The fourth-order valence-corrected chi connectivity index (χ4v) is 4.28. The molecule has 1 N–H and O–H groups in total. The number of hydrogen-bond acceptors (Lipinski definition) is 4. The van der Waals surface area contributed by atoms with Crippen molar-refractivity contribution in [2.24, 2.45) is 0 Å². The Morgan fingerprint density at radius 2 is 1.90 bits per heavy atom. The fraction of sp³-hybridized carbons (Fsp3) is 0.824. The van der Waals surface area contributed by atoms with Gasteiger partial charge in [-0.05, 0) is 40.0 Å². The molecule has 0 radical (unpaired) electrons. The van der Waals surface area contributed by atoms with Gasteiger partial charge >= 0.3 is 0 Å². The van der Waals surface area contributed by atoms with Crippen molar-refractivity contribution < 1.29 is 4.74 Å². The summed E-state index contributed by atoms with van der Waals surface area (Å²) in [7, 11) is 1.85. The van der Waals surface area contributed by atoms with E-state index in [1.807, 2.05) is 18.4 Å². The van der Waals surface area contributed by atoms with Gasteiger partial charge in [0, 0.05) is 24.1 Å². The molecule has 4 heteroatoms. The number of ether oxygens (including phenoxy) is 1. The van der Waals surface area contributed by atoms with Gasteiger partial charge in [0.1, 0.15) is 10.6 Å². The van der Waals surface area contributed by atoms with Gasteiger partial charge in [0.2, 0.25) is 0 Å². The predicted molar refractivity (Wildman–Crippen MR) is 89.9 cm³/mol. The topological polar surface area (TPSA) is 34.1 Å². The molecule has 0 atom stereocenters. The zero-order chi connectivity index (χ0) is 15.5. The number of methoxy groups -OCH3 is 1. The Kier molecular flexibility index (Phi) is 5.44. The van der Waals surface area contributed by atoms with Crippen LogP contribution in [0.5, 0.6) is 0 Å². The molecule has 120 valence electrons. The smallest absolute Gasteiger partial charge is 0.125 e. The lowest BCUT2D eigenvalue weighted by atomic mass is 9.85. The highest BCUT2D eigenvalue weighted by atomic mass is 32.1. The minimum atomic E-state index is -0.118. The second kappa shape index (κ2) is 6.76. The van der Waals surface area contributed by atoms with Gasteiger partial charge in [-0.3, -0.25) is 0 Å². The summed E-state index contributed by atoms with van der Waals surface area (Å²) in [6.07, 6.45) is 7.07. The molecule has 0 spiro atoms. The van der Waals surface area contributed by atoms with Gasteiger partial charge in [0.15, 0.2) is 0 Å². The Bertz CT molecular complexity index is 456. The summed E-state index contributed by atoms with van der Waals surface area (Å²) in [6, 6.07) is 0. The molecule has 1 aromatic rings. The van der Waals surface area contributed by atoms with Crippen LogP contribution in [-0.2, 0) is 23.3 Å². The lowest BCUT2D eigenvalue weighted by molar-refractivity contribution is -0.0447. The first-order valence-electron chi connectivity index (χ1n) is 8.19. The molecule has 21 heavy (non-hydrogen) atoms. The van der Waals surface area contributed by atoms with Gasteiger partial charge in [0.05, 0.1) is 5.69 Å². The second-order valence-electron chi connectivity index (χ2n) is 7.11. The summed E-state index contributed by atoms with van der Waals surface area (Å²) in [6.45, 7) is 9.72. The van der Waals surface area contributed by atoms with Crippen molar-refractivity contribution in [2.75, 3.05) is 7.11 Å². The third-order valence-electron chi connectivity index (χ3n) is 4.33. The molecule has 0 aromatic carbocycles. The highest BCUT2D eigenvalue weighted by molar-refractivity contribution is 7.11. The Morgan fingerprint density at radius 3 is 2.43 bits per heavy atom. The van der Waals surface area contributed by atoms with Crippen LogP contribution in [0.3, 0.4) is 0 Å². The normalized spacial score (nSPS) is 18.9. The van der Waals surface area contributed by atoms with E-state index in [0.29, 0.717) is 0 Å². The predicted octanol–water partition coefficient (Wildman–Crippen LogP) is 4.40. The number of nitrogens with zero attached hydrogens (tertiary/aromatic N) is 1. The Labute approximate surface area is 133 Å². The van der Waals surface area contributed by atoms with Crippen molar-refractivity contribution in [1.29, 1.82) is 0 Å². The maximum absolute atomic E-state index is 5.95. The minimum absolute atomic E-state index is 0.118. The molecular formula is C17H30N2OS. The summed E-state index contributed by atoms with van der Waals surface area (Å²) in [5, 5.41) is 4.79. The van der Waals surface area contributed by atoms with Gasteiger partial charge in [-0.15, -0.1) is 11.3 Å². The van der Waals surface area contributed by atoms with E-state index in [2.05, 4.69) is 33.0 Å². The monoisotopic (exact) mass is 310 g/mol. The second-order valence-corrected chi connectivity index (χ2v) is 8.19. The van der Waals surface area contributed by atoms with Crippen molar-refractivity contribution >= 4 is 11.3 Å². The molecule has 0 unspecified atom stereocenters. The van der Waals surface area contributed by atoms with Gasteiger partial charge in [0.25, 0.3) is 0 Å². The Hall–Kier alpha value is -0.450. The van der Waals surface area contributed by atoms with E-state index < -0.39 is 0 Å². The fourth-order valence-electron chi connectivity index (χ4n) is 2.97. The quantitative estimate of drug-likeness (QED) is 0.875. The van der Waals surface area contributed by atoms with E-state index in [9.17, 15) is 0 Å². The van der Waals surface area contributed by atoms with Crippen molar-refractivity contribution in [3.05, 3.63) is 15.6 Å². The summed E-state index contributed by atoms with van der Waals surface area (Å²) < 4.78 is 5.95. The summed E-state index contributed by atoms with van der Waals surface area (Å²) >= 11 is 1.86. The molecule has 0 saturated heterocycles. The van der Waals surface area contributed by atoms with E-state index in [1.165, 1.54) is 34.8 Å². The van der Waals surface area contributed by atoms with Crippen molar-refractivity contribution in [3.63, 3.8) is 0 Å². The molecule has 3 nitrogen and oxygen atoms in total. The van der Waals surface area contributed by atoms with E-state index in [1.54, 1.807) is 0 Å². The summed E-state index contributed by atoms with van der Waals surface area (Å²) in [5.74, 6) is 0. The zero-order valence-corrected chi connectivity index (χ0v) is 15.0. The molecule has 0 amide bonds. The first kappa shape index (κ1) is 16.9. The zero-order valence-electron chi connectivity index (χ0n) is 14.2. The molecule has 2 rings (SSSR count). The number of hydrogen-bond donors (Lipinski definition) is 1. The van der Waals surface area contributed by atoms with E-state index >= 15 is 0 Å². The molecular weight excluding hydrogens is 280 g/mol. The third-order valence-corrected chi connectivity index (χ3v) is 5.62. The van der Waals surface area contributed by atoms with Crippen LogP contribution >= 0.6 is 11.3 Å². The molecule has 0 aliphatic heterocycles. The Balaban J connectivity index is 2.22. The first-order chi connectivity index (χ1) is 9.90. The number of rotatable bonds is 5. The van der Waals surface area contributed by atoms with Crippen LogP contribution in [0.4, 0.5) is 0 Å². The average molecular weight is 311 g/mol. The summed E-state index contributed by atoms with van der Waals surface area (Å²) in [5.41, 5.74) is 1.26. The van der Waals surface area contributed by atoms with Crippen LogP contribution in [0.15, 0.2) is 0 Å². The van der Waals surface area contributed by atoms with Crippen LogP contribution < -0.4 is 5.32 Å². The maximum Gasteiger partial charge on any atom is 0.125 e. The largest absolute Gasteiger partial charge is 0.371 e. The van der Waals surface area contributed by atoms with Crippen LogP contribution in [0.2, 0.25) is 0 Å². The van der Waals surface area contributed by atoms with E-state index in [-0.39, 0.29) is 11.1 Å². The molecule has 0 bridgehead atoms. The molecule has 1 heterocycles. The highest BCUT2D eigenvalue weighted by Gasteiger charge is 2.37. The lowest BCUT2D eigenvalue weighted by Gasteiger charge is -2.34. The first-order valence-corrected chi connectivity index (χ1v) is 9.01. The average Bonchev–Trinajstić information content (AvgIpc) is 2.89. The van der Waals surface area contributed by atoms with Gasteiger partial charge in [-0.2, -0.15) is 0 Å². The molecule has 1 fully saturated rings. The molecule has 1 saturated carbocycles. The minimum Gasteiger partial charge on any atom is -0.371 e. The van der Waals surface area contributed by atoms with Crippen LogP contribution in [0.25, 0.3) is 0 Å². The van der Waals surface area contributed by atoms with Gasteiger partial charge in [-0.25, -0.2) is 4.98 Å². The summed E-state index contributed by atoms with van der Waals surface area (Å²) in [4.78, 5) is 6.33. The number of thiazole rings is 1. The molecule has 1 aliphatic rings. The standard InChI is InChI=1S/C17H30N2OS/c1-6-13-14(12-18-16(2,3)4)21-15(19-13)17(20-5)10-8-7-9-11-17/h18H,6-12H2,1-5H3. The van der Waals surface area contributed by atoms with Crippen molar-refractivity contribution in [1.82, 2.24) is 10.3 Å². The van der Waals surface area contributed by atoms with Crippen LogP contribution in [0, 0.1) is 0 Å². The number of aromatic nitrogens is 1. The van der Waals surface area contributed by atoms with Crippen molar-refractivity contribution in [3.8, 4) is 0 Å². The maximum atomic E-state index is 5.95. The van der Waals surface area contributed by atoms with E-state index in [4.69, 9.17) is 9.72 Å². The third kappa shape index (κ3) is 4.05. The van der Waals surface area contributed by atoms with E-state index in [0.717, 1.165) is 25.8 Å². The SMILES string of the molecule is CCc1nc(C2(OC)CCCCC2)sc1CNC(C)(C)C. The number of aryl methyl sites for hydroxylation is 1. The van der Waals surface area contributed by atoms with Gasteiger partial charge in [-0.1, -0.05) is 26.2 Å². The van der Waals surface area contributed by atoms with Gasteiger partial charge < -0.3 is 10.1 Å². The lowest BCUT2D eigenvalue weighted by Crippen LogP contribution is -2.35. The van der Waals surface area contributed by atoms with Crippen LogP contribution in [-0.4, -0.2) is 17.6 Å². The number of nitrogens with one attached hydrogen (secondary N) is 1. The molecule has 1 aliphatic carbocycles.